The van der Waals surface area contributed by atoms with E-state index in [4.69, 9.17) is 23.7 Å². The van der Waals surface area contributed by atoms with Crippen molar-refractivity contribution in [2.75, 3.05) is 27.2 Å². The fourth-order valence-corrected chi connectivity index (χ4v) is 6.26. The Labute approximate surface area is 310 Å². The first-order valence-corrected chi connectivity index (χ1v) is 20.8. The van der Waals surface area contributed by atoms with Gasteiger partial charge in [-0.2, -0.15) is 0 Å². The van der Waals surface area contributed by atoms with Crippen molar-refractivity contribution in [2.45, 2.75) is 212 Å². The van der Waals surface area contributed by atoms with E-state index in [2.05, 4.69) is 20.8 Å². The van der Waals surface area contributed by atoms with Crippen LogP contribution >= 0.6 is 0 Å². The Morgan fingerprint density at radius 1 is 0.471 bits per heavy atom. The molecule has 0 bridgehead atoms. The Balaban J connectivity index is 2.97. The summed E-state index contributed by atoms with van der Waals surface area (Å²) in [4.78, 5) is 53.8. The molecule has 0 aromatic heterocycles. The second kappa shape index (κ2) is 31.3. The van der Waals surface area contributed by atoms with Crippen LogP contribution in [0.3, 0.4) is 0 Å². The van der Waals surface area contributed by atoms with Crippen molar-refractivity contribution in [3.8, 4) is 0 Å². The zero-order chi connectivity index (χ0) is 37.5. The maximum atomic E-state index is 13.1. The molecule has 1 unspecified atom stereocenters. The molecule has 10 heteroatoms. The van der Waals surface area contributed by atoms with Gasteiger partial charge in [0.15, 0.2) is 6.10 Å². The van der Waals surface area contributed by atoms with Gasteiger partial charge in [-0.15, -0.1) is 0 Å². The zero-order valence-corrected chi connectivity index (χ0v) is 33.2. The van der Waals surface area contributed by atoms with Crippen LogP contribution in [-0.2, 0) is 42.9 Å². The molecule has 0 spiro atoms. The summed E-state index contributed by atoms with van der Waals surface area (Å²) >= 11 is 0. The molecule has 4 atom stereocenters. The normalized spacial score (nSPS) is 18.5. The SMILES string of the molecule is CCCCCCCCCC(=O)OC1[C@H](OC(=O)CCCCCCCCC)O[C@H](COC(=O)CCCN(C)C)[C@@H]1OC(=O)CCCCCCCCC. The molecule has 1 aliphatic heterocycles. The zero-order valence-electron chi connectivity index (χ0n) is 33.2. The third-order valence-electron chi connectivity index (χ3n) is 9.40. The Bertz CT molecular complexity index is 912. The van der Waals surface area contributed by atoms with Crippen LogP contribution < -0.4 is 0 Å². The van der Waals surface area contributed by atoms with E-state index in [-0.39, 0.29) is 32.3 Å². The Morgan fingerprint density at radius 3 is 1.27 bits per heavy atom. The van der Waals surface area contributed by atoms with E-state index >= 15 is 0 Å². The van der Waals surface area contributed by atoms with Crippen LogP contribution in [0.1, 0.15) is 188 Å². The number of nitrogens with zero attached hydrogens (tertiary/aromatic N) is 1. The van der Waals surface area contributed by atoms with Gasteiger partial charge in [-0.25, -0.2) is 0 Å². The average Bonchev–Trinajstić information content (AvgIpc) is 3.39. The Morgan fingerprint density at radius 2 is 0.843 bits per heavy atom. The molecule has 51 heavy (non-hydrogen) atoms. The van der Waals surface area contributed by atoms with Gasteiger partial charge in [-0.3, -0.25) is 19.2 Å². The summed E-state index contributed by atoms with van der Waals surface area (Å²) in [6.45, 7) is 7.08. The molecule has 1 rings (SSSR count). The molecule has 0 radical (unpaired) electrons. The van der Waals surface area contributed by atoms with E-state index < -0.39 is 48.5 Å². The van der Waals surface area contributed by atoms with Gasteiger partial charge in [0.05, 0.1) is 0 Å². The number of carbonyl (C=O) groups excluding carboxylic acids is 4. The molecule has 0 aromatic rings. The van der Waals surface area contributed by atoms with Crippen molar-refractivity contribution in [3.05, 3.63) is 0 Å². The molecule has 1 saturated heterocycles. The largest absolute Gasteiger partial charge is 0.463 e. The molecule has 0 amide bonds. The van der Waals surface area contributed by atoms with Crippen LogP contribution in [0.5, 0.6) is 0 Å². The van der Waals surface area contributed by atoms with Crippen molar-refractivity contribution >= 4 is 23.9 Å². The van der Waals surface area contributed by atoms with Crippen molar-refractivity contribution in [1.82, 2.24) is 4.90 Å². The van der Waals surface area contributed by atoms with Crippen LogP contribution in [0.25, 0.3) is 0 Å². The highest BCUT2D eigenvalue weighted by atomic mass is 16.8. The summed E-state index contributed by atoms with van der Waals surface area (Å²) in [7, 11) is 3.88. The first kappa shape index (κ1) is 46.8. The monoisotopic (exact) mass is 726 g/mol. The highest BCUT2D eigenvalue weighted by Gasteiger charge is 2.52. The van der Waals surface area contributed by atoms with Gasteiger partial charge in [0.25, 0.3) is 0 Å². The fraction of sp³-hybridized carbons (Fsp3) is 0.902. The van der Waals surface area contributed by atoms with Crippen LogP contribution in [0.2, 0.25) is 0 Å². The van der Waals surface area contributed by atoms with Gasteiger partial charge in [0.2, 0.25) is 12.4 Å². The third kappa shape index (κ3) is 24.6. The predicted molar refractivity (Wildman–Crippen MR) is 201 cm³/mol. The first-order valence-electron chi connectivity index (χ1n) is 20.8. The number of unbranched alkanes of at least 4 members (excludes halogenated alkanes) is 18. The van der Waals surface area contributed by atoms with Gasteiger partial charge in [-0.05, 0) is 46.3 Å². The van der Waals surface area contributed by atoms with Gasteiger partial charge < -0.3 is 28.6 Å². The van der Waals surface area contributed by atoms with Crippen LogP contribution in [-0.4, -0.2) is 80.6 Å². The molecule has 1 heterocycles. The molecule has 0 saturated carbocycles. The van der Waals surface area contributed by atoms with Crippen LogP contribution in [0, 0.1) is 0 Å². The molecule has 1 fully saturated rings. The molecule has 0 aromatic carbocycles. The van der Waals surface area contributed by atoms with E-state index in [9.17, 15) is 19.2 Å². The van der Waals surface area contributed by atoms with E-state index in [0.29, 0.717) is 25.7 Å². The molecule has 298 valence electrons. The predicted octanol–water partition coefficient (Wildman–Crippen LogP) is 9.39. The lowest BCUT2D eigenvalue weighted by Crippen LogP contribution is -2.42. The quantitative estimate of drug-likeness (QED) is 0.0368. The number of hydrogen-bond donors (Lipinski definition) is 0. The summed E-state index contributed by atoms with van der Waals surface area (Å²) in [6, 6.07) is 0. The minimum atomic E-state index is -1.27. The van der Waals surface area contributed by atoms with E-state index in [1.165, 1.54) is 57.8 Å². The lowest BCUT2D eigenvalue weighted by atomic mass is 10.1. The molecule has 0 N–H and O–H groups in total. The number of rotatable bonds is 33. The minimum Gasteiger partial charge on any atom is -0.463 e. The Hall–Kier alpha value is -2.20. The summed E-state index contributed by atoms with van der Waals surface area (Å²) in [5.41, 5.74) is 0. The standard InChI is InChI=1S/C41H75NO9/c1-6-9-12-15-18-21-24-28-36(44)49-39-34(33-47-35(43)31-27-32-42(4)5)48-41(51-38(46)30-26-23-20-17-14-11-8-3)40(39)50-37(45)29-25-22-19-16-13-10-7-2/h34,39-41H,6-33H2,1-5H3/t34-,39+,40?,41+/m1/s1. The smallest absolute Gasteiger partial charge is 0.308 e. The van der Waals surface area contributed by atoms with Gasteiger partial charge >= 0.3 is 23.9 Å². The summed E-state index contributed by atoms with van der Waals surface area (Å²) in [5, 5.41) is 0. The fourth-order valence-electron chi connectivity index (χ4n) is 6.26. The van der Waals surface area contributed by atoms with Gasteiger partial charge in [0.1, 0.15) is 12.7 Å². The van der Waals surface area contributed by atoms with Crippen molar-refractivity contribution in [2.24, 2.45) is 0 Å². The molecular formula is C41H75NO9. The van der Waals surface area contributed by atoms with Gasteiger partial charge in [-0.1, -0.05) is 136 Å². The molecule has 1 aliphatic rings. The van der Waals surface area contributed by atoms with Crippen molar-refractivity contribution in [1.29, 1.82) is 0 Å². The number of ether oxygens (including phenoxy) is 5. The maximum absolute atomic E-state index is 13.1. The third-order valence-corrected chi connectivity index (χ3v) is 9.40. The topological polar surface area (TPSA) is 118 Å². The van der Waals surface area contributed by atoms with Crippen molar-refractivity contribution in [3.63, 3.8) is 0 Å². The Kier molecular flexibility index (Phi) is 28.8. The number of carbonyl (C=O) groups is 4. The number of esters is 4. The lowest BCUT2D eigenvalue weighted by Gasteiger charge is -2.24. The van der Waals surface area contributed by atoms with E-state index in [1.807, 2.05) is 19.0 Å². The average molecular weight is 726 g/mol. The number of hydrogen-bond acceptors (Lipinski definition) is 10. The summed E-state index contributed by atoms with van der Waals surface area (Å²) in [5.74, 6) is -1.76. The van der Waals surface area contributed by atoms with E-state index in [0.717, 1.165) is 64.3 Å². The second-order valence-electron chi connectivity index (χ2n) is 14.6. The van der Waals surface area contributed by atoms with E-state index in [1.54, 1.807) is 0 Å². The van der Waals surface area contributed by atoms with Crippen LogP contribution in [0.4, 0.5) is 0 Å². The minimum absolute atomic E-state index is 0.202. The highest BCUT2D eigenvalue weighted by Crippen LogP contribution is 2.30. The lowest BCUT2D eigenvalue weighted by molar-refractivity contribution is -0.200. The maximum Gasteiger partial charge on any atom is 0.308 e. The summed E-state index contributed by atoms with van der Waals surface area (Å²) in [6.07, 6.45) is 19.2. The summed E-state index contributed by atoms with van der Waals surface area (Å²) < 4.78 is 29.3. The molecule has 0 aliphatic carbocycles. The first-order chi connectivity index (χ1) is 24.7. The van der Waals surface area contributed by atoms with Crippen molar-refractivity contribution < 1.29 is 42.9 Å². The molecule has 10 nitrogen and oxygen atoms in total. The van der Waals surface area contributed by atoms with Crippen LogP contribution in [0.15, 0.2) is 0 Å². The molecular weight excluding hydrogens is 650 g/mol. The highest BCUT2D eigenvalue weighted by molar-refractivity contribution is 5.72. The van der Waals surface area contributed by atoms with Gasteiger partial charge in [0, 0.05) is 25.7 Å². The second-order valence-corrected chi connectivity index (χ2v) is 14.6.